The molecular weight excluding hydrogens is 322 g/mol. The SMILES string of the molecule is Cc1ccc(C2CSCCN2C(=O)CNC(=O)[C@@H](N)C(C)C)cc1. The van der Waals surface area contributed by atoms with Gasteiger partial charge in [0.25, 0.3) is 0 Å². The Balaban J connectivity index is 2.00. The molecule has 0 bridgehead atoms. The zero-order valence-electron chi connectivity index (χ0n) is 14.6. The minimum absolute atomic E-state index is 0.00623. The van der Waals surface area contributed by atoms with Crippen LogP contribution in [0.4, 0.5) is 0 Å². The van der Waals surface area contributed by atoms with Crippen molar-refractivity contribution in [2.75, 3.05) is 24.6 Å². The molecule has 2 rings (SSSR count). The van der Waals surface area contributed by atoms with E-state index in [9.17, 15) is 9.59 Å². The topological polar surface area (TPSA) is 75.4 Å². The van der Waals surface area contributed by atoms with Crippen molar-refractivity contribution >= 4 is 23.6 Å². The Bertz CT molecular complexity index is 574. The van der Waals surface area contributed by atoms with Crippen LogP contribution in [0.25, 0.3) is 0 Å². The van der Waals surface area contributed by atoms with E-state index in [-0.39, 0.29) is 30.3 Å². The fraction of sp³-hybridized carbons (Fsp3) is 0.556. The molecule has 2 atom stereocenters. The van der Waals surface area contributed by atoms with E-state index in [1.54, 1.807) is 0 Å². The predicted molar refractivity (Wildman–Crippen MR) is 98.8 cm³/mol. The zero-order valence-corrected chi connectivity index (χ0v) is 15.4. The smallest absolute Gasteiger partial charge is 0.242 e. The summed E-state index contributed by atoms with van der Waals surface area (Å²) in [4.78, 5) is 26.4. The molecule has 0 aromatic heterocycles. The average Bonchev–Trinajstić information content (AvgIpc) is 2.59. The predicted octanol–water partition coefficient (Wildman–Crippen LogP) is 1.71. The number of amides is 2. The van der Waals surface area contributed by atoms with Gasteiger partial charge in [-0.15, -0.1) is 0 Å². The van der Waals surface area contributed by atoms with Crippen LogP contribution in [-0.2, 0) is 9.59 Å². The second-order valence-corrected chi connectivity index (χ2v) is 7.73. The molecule has 24 heavy (non-hydrogen) atoms. The van der Waals surface area contributed by atoms with Crippen LogP contribution in [-0.4, -0.2) is 47.4 Å². The molecule has 1 aliphatic heterocycles. The van der Waals surface area contributed by atoms with Crippen molar-refractivity contribution in [3.63, 3.8) is 0 Å². The largest absolute Gasteiger partial charge is 0.346 e. The van der Waals surface area contributed by atoms with E-state index in [1.165, 1.54) is 5.56 Å². The van der Waals surface area contributed by atoms with Crippen LogP contribution in [0.5, 0.6) is 0 Å². The van der Waals surface area contributed by atoms with Gasteiger partial charge in [-0.05, 0) is 18.4 Å². The lowest BCUT2D eigenvalue weighted by Gasteiger charge is -2.36. The van der Waals surface area contributed by atoms with Crippen LogP contribution >= 0.6 is 11.8 Å². The third-order valence-corrected chi connectivity index (χ3v) is 5.37. The molecule has 6 heteroatoms. The summed E-state index contributed by atoms with van der Waals surface area (Å²) in [5, 5.41) is 2.68. The Hall–Kier alpha value is -1.53. The molecule has 1 aromatic carbocycles. The van der Waals surface area contributed by atoms with E-state index >= 15 is 0 Å². The highest BCUT2D eigenvalue weighted by Crippen LogP contribution is 2.29. The first-order valence-electron chi connectivity index (χ1n) is 8.37. The van der Waals surface area contributed by atoms with Crippen molar-refractivity contribution in [3.05, 3.63) is 35.4 Å². The lowest BCUT2D eigenvalue weighted by molar-refractivity contribution is -0.135. The van der Waals surface area contributed by atoms with Gasteiger partial charge in [0.05, 0.1) is 18.6 Å². The molecule has 0 saturated carbocycles. The summed E-state index contributed by atoms with van der Waals surface area (Å²) in [6.45, 7) is 6.54. The highest BCUT2D eigenvalue weighted by Gasteiger charge is 2.28. The van der Waals surface area contributed by atoms with Crippen LogP contribution in [0.15, 0.2) is 24.3 Å². The molecule has 3 N–H and O–H groups in total. The Labute approximate surface area is 148 Å². The summed E-state index contributed by atoms with van der Waals surface area (Å²) >= 11 is 1.86. The summed E-state index contributed by atoms with van der Waals surface area (Å²) in [7, 11) is 0. The van der Waals surface area contributed by atoms with Gasteiger partial charge in [-0.3, -0.25) is 9.59 Å². The van der Waals surface area contributed by atoms with Crippen molar-refractivity contribution in [2.45, 2.75) is 32.9 Å². The highest BCUT2D eigenvalue weighted by atomic mass is 32.2. The average molecular weight is 350 g/mol. The number of hydrogen-bond acceptors (Lipinski definition) is 4. The molecular formula is C18H27N3O2S. The second-order valence-electron chi connectivity index (χ2n) is 6.58. The molecule has 0 spiro atoms. The number of aryl methyl sites for hydroxylation is 1. The van der Waals surface area contributed by atoms with Crippen LogP contribution in [0.3, 0.4) is 0 Å². The van der Waals surface area contributed by atoms with Gasteiger partial charge in [-0.1, -0.05) is 43.7 Å². The summed E-state index contributed by atoms with van der Waals surface area (Å²) in [5.74, 6) is 1.54. The Kier molecular flexibility index (Phi) is 6.69. The number of thioether (sulfide) groups is 1. The number of nitrogens with zero attached hydrogens (tertiary/aromatic N) is 1. The molecule has 1 saturated heterocycles. The number of nitrogens with one attached hydrogen (secondary N) is 1. The van der Waals surface area contributed by atoms with Crippen molar-refractivity contribution in [1.29, 1.82) is 0 Å². The van der Waals surface area contributed by atoms with E-state index in [2.05, 4.69) is 36.5 Å². The van der Waals surface area contributed by atoms with Crippen molar-refractivity contribution in [3.8, 4) is 0 Å². The van der Waals surface area contributed by atoms with Gasteiger partial charge >= 0.3 is 0 Å². The first-order valence-corrected chi connectivity index (χ1v) is 9.52. The van der Waals surface area contributed by atoms with E-state index in [0.717, 1.165) is 17.1 Å². The lowest BCUT2D eigenvalue weighted by Crippen LogP contribution is -2.49. The fourth-order valence-corrected chi connectivity index (χ4v) is 3.74. The number of rotatable bonds is 5. The Morgan fingerprint density at radius 3 is 2.62 bits per heavy atom. The molecule has 0 radical (unpaired) electrons. The minimum atomic E-state index is -0.581. The zero-order chi connectivity index (χ0) is 17.7. The monoisotopic (exact) mass is 349 g/mol. The van der Waals surface area contributed by atoms with Crippen LogP contribution in [0.1, 0.15) is 31.0 Å². The maximum Gasteiger partial charge on any atom is 0.242 e. The third kappa shape index (κ3) is 4.74. The van der Waals surface area contributed by atoms with Gasteiger partial charge in [0.15, 0.2) is 0 Å². The Morgan fingerprint density at radius 2 is 2.00 bits per heavy atom. The Morgan fingerprint density at radius 1 is 1.33 bits per heavy atom. The molecule has 132 valence electrons. The van der Waals surface area contributed by atoms with E-state index < -0.39 is 6.04 Å². The maximum absolute atomic E-state index is 12.6. The normalized spacial score (nSPS) is 19.2. The van der Waals surface area contributed by atoms with Crippen LogP contribution < -0.4 is 11.1 Å². The van der Waals surface area contributed by atoms with Crippen LogP contribution in [0.2, 0.25) is 0 Å². The molecule has 1 unspecified atom stereocenters. The van der Waals surface area contributed by atoms with Gasteiger partial charge in [0, 0.05) is 18.1 Å². The molecule has 1 fully saturated rings. The minimum Gasteiger partial charge on any atom is -0.346 e. The fourth-order valence-electron chi connectivity index (χ4n) is 2.65. The first kappa shape index (κ1) is 18.8. The quantitative estimate of drug-likeness (QED) is 0.849. The number of nitrogens with two attached hydrogens (primary N) is 1. The standard InChI is InChI=1S/C18H27N3O2S/c1-12(2)17(19)18(23)20-10-16(22)21-8-9-24-11-15(21)14-6-4-13(3)5-7-14/h4-7,12,15,17H,8-11,19H2,1-3H3,(H,20,23)/t15?,17-/m0/s1. The first-order chi connectivity index (χ1) is 11.4. The van der Waals surface area contributed by atoms with E-state index in [0.29, 0.717) is 6.54 Å². The van der Waals surface area contributed by atoms with Gasteiger partial charge < -0.3 is 16.0 Å². The van der Waals surface area contributed by atoms with Crippen molar-refractivity contribution in [1.82, 2.24) is 10.2 Å². The van der Waals surface area contributed by atoms with Gasteiger partial charge in [0.2, 0.25) is 11.8 Å². The molecule has 0 aliphatic carbocycles. The second kappa shape index (κ2) is 8.53. The number of benzene rings is 1. The summed E-state index contributed by atoms with van der Waals surface area (Å²) < 4.78 is 0. The van der Waals surface area contributed by atoms with Crippen molar-refractivity contribution < 1.29 is 9.59 Å². The maximum atomic E-state index is 12.6. The number of hydrogen-bond donors (Lipinski definition) is 2. The summed E-state index contributed by atoms with van der Waals surface area (Å²) in [6.07, 6.45) is 0. The number of carbonyl (C=O) groups excluding carboxylic acids is 2. The molecule has 1 aromatic rings. The summed E-state index contributed by atoms with van der Waals surface area (Å²) in [5.41, 5.74) is 8.17. The third-order valence-electron chi connectivity index (χ3n) is 4.35. The lowest BCUT2D eigenvalue weighted by atomic mass is 10.0. The van der Waals surface area contributed by atoms with E-state index in [1.807, 2.05) is 30.5 Å². The van der Waals surface area contributed by atoms with Gasteiger partial charge in [0.1, 0.15) is 0 Å². The van der Waals surface area contributed by atoms with E-state index in [4.69, 9.17) is 5.73 Å². The number of carbonyl (C=O) groups is 2. The van der Waals surface area contributed by atoms with Gasteiger partial charge in [-0.2, -0.15) is 11.8 Å². The van der Waals surface area contributed by atoms with Gasteiger partial charge in [-0.25, -0.2) is 0 Å². The molecule has 2 amide bonds. The molecule has 1 aliphatic rings. The molecule has 1 heterocycles. The van der Waals surface area contributed by atoms with Crippen molar-refractivity contribution in [2.24, 2.45) is 11.7 Å². The highest BCUT2D eigenvalue weighted by molar-refractivity contribution is 7.99. The summed E-state index contributed by atoms with van der Waals surface area (Å²) in [6, 6.07) is 7.79. The molecule has 5 nitrogen and oxygen atoms in total. The van der Waals surface area contributed by atoms with Crippen LogP contribution in [0, 0.1) is 12.8 Å².